The number of nitrogens with two attached hydrogens (primary N) is 2. The van der Waals surface area contributed by atoms with Crippen LogP contribution in [0.15, 0.2) is 24.3 Å². The van der Waals surface area contributed by atoms with Crippen LogP contribution in [0.3, 0.4) is 0 Å². The van der Waals surface area contributed by atoms with Crippen LogP contribution in [-0.4, -0.2) is 0 Å². The molecule has 0 saturated heterocycles. The summed E-state index contributed by atoms with van der Waals surface area (Å²) in [5, 5.41) is 1.26. The average Bonchev–Trinajstić information content (AvgIpc) is 2.58. The summed E-state index contributed by atoms with van der Waals surface area (Å²) in [6.45, 7) is 1.22. The maximum absolute atomic E-state index is 5.57. The Morgan fingerprint density at radius 3 is 2.62 bits per heavy atom. The largest absolute Gasteiger partial charge is 0.326 e. The first-order chi connectivity index (χ1) is 6.33. The summed E-state index contributed by atoms with van der Waals surface area (Å²) in [5.41, 5.74) is 12.3. The third-order valence-corrected chi connectivity index (χ3v) is 3.21. The SMILES string of the molecule is NCc1ccc2sc(CN)cc2c1. The summed E-state index contributed by atoms with van der Waals surface area (Å²) >= 11 is 1.75. The number of fused-ring (bicyclic) bond motifs is 1. The summed E-state index contributed by atoms with van der Waals surface area (Å²) in [7, 11) is 0. The van der Waals surface area contributed by atoms with Crippen molar-refractivity contribution in [3.63, 3.8) is 0 Å². The normalized spacial score (nSPS) is 10.9. The second kappa shape index (κ2) is 3.46. The first-order valence-corrected chi connectivity index (χ1v) is 5.06. The lowest BCUT2D eigenvalue weighted by Gasteiger charge is -1.94. The lowest BCUT2D eigenvalue weighted by Crippen LogP contribution is -1.94. The van der Waals surface area contributed by atoms with Gasteiger partial charge in [0.2, 0.25) is 0 Å². The van der Waals surface area contributed by atoms with Gasteiger partial charge < -0.3 is 11.5 Å². The van der Waals surface area contributed by atoms with Gasteiger partial charge in [-0.15, -0.1) is 11.3 Å². The average molecular weight is 192 g/mol. The Morgan fingerprint density at radius 2 is 1.92 bits per heavy atom. The molecule has 0 aliphatic rings. The van der Waals surface area contributed by atoms with Gasteiger partial charge in [-0.1, -0.05) is 6.07 Å². The molecule has 0 atom stereocenters. The van der Waals surface area contributed by atoms with Crippen LogP contribution in [0, 0.1) is 0 Å². The Balaban J connectivity index is 2.57. The van der Waals surface area contributed by atoms with Crippen molar-refractivity contribution in [1.82, 2.24) is 0 Å². The summed E-state index contributed by atoms with van der Waals surface area (Å²) in [6, 6.07) is 8.45. The Kier molecular flexibility index (Phi) is 2.31. The summed E-state index contributed by atoms with van der Waals surface area (Å²) in [4.78, 5) is 1.23. The maximum Gasteiger partial charge on any atom is 0.0346 e. The molecule has 0 spiro atoms. The van der Waals surface area contributed by atoms with Gasteiger partial charge in [0, 0.05) is 22.7 Å². The number of rotatable bonds is 2. The third-order valence-electron chi connectivity index (χ3n) is 2.07. The second-order valence-corrected chi connectivity index (χ2v) is 4.16. The molecule has 4 N–H and O–H groups in total. The summed E-state index contributed by atoms with van der Waals surface area (Å²) in [5.74, 6) is 0. The van der Waals surface area contributed by atoms with Gasteiger partial charge in [-0.2, -0.15) is 0 Å². The molecule has 0 fully saturated rings. The molecular weight excluding hydrogens is 180 g/mol. The van der Waals surface area contributed by atoms with Crippen LogP contribution >= 0.6 is 11.3 Å². The molecule has 1 aromatic carbocycles. The molecule has 0 amide bonds. The standard InChI is InChI=1S/C10H12N2S/c11-5-7-1-2-10-8(3-7)4-9(6-12)13-10/h1-4H,5-6,11-12H2. The zero-order chi connectivity index (χ0) is 9.26. The van der Waals surface area contributed by atoms with Gasteiger partial charge in [0.15, 0.2) is 0 Å². The first-order valence-electron chi connectivity index (χ1n) is 4.25. The minimum atomic E-state index is 0.601. The van der Waals surface area contributed by atoms with Crippen molar-refractivity contribution in [2.45, 2.75) is 13.1 Å². The molecule has 0 aliphatic heterocycles. The van der Waals surface area contributed by atoms with E-state index in [0.29, 0.717) is 13.1 Å². The fourth-order valence-corrected chi connectivity index (χ4v) is 2.30. The molecule has 3 heteroatoms. The minimum Gasteiger partial charge on any atom is -0.326 e. The predicted molar refractivity (Wildman–Crippen MR) is 57.6 cm³/mol. The molecule has 1 aromatic heterocycles. The van der Waals surface area contributed by atoms with E-state index in [1.165, 1.54) is 20.5 Å². The Hall–Kier alpha value is -0.900. The zero-order valence-corrected chi connectivity index (χ0v) is 8.10. The highest BCUT2D eigenvalue weighted by molar-refractivity contribution is 7.19. The number of hydrogen-bond donors (Lipinski definition) is 2. The van der Waals surface area contributed by atoms with Gasteiger partial charge in [-0.25, -0.2) is 0 Å². The first kappa shape index (κ1) is 8.69. The highest BCUT2D eigenvalue weighted by Crippen LogP contribution is 2.25. The molecule has 13 heavy (non-hydrogen) atoms. The van der Waals surface area contributed by atoms with Crippen molar-refractivity contribution in [2.75, 3.05) is 0 Å². The molecule has 0 radical (unpaired) electrons. The lowest BCUT2D eigenvalue weighted by atomic mass is 10.1. The fourth-order valence-electron chi connectivity index (χ4n) is 1.38. The van der Waals surface area contributed by atoms with Gasteiger partial charge in [-0.3, -0.25) is 0 Å². The van der Waals surface area contributed by atoms with Crippen LogP contribution in [0.2, 0.25) is 0 Å². The lowest BCUT2D eigenvalue weighted by molar-refractivity contribution is 1.08. The molecule has 0 aliphatic carbocycles. The quantitative estimate of drug-likeness (QED) is 0.762. The van der Waals surface area contributed by atoms with Crippen LogP contribution in [-0.2, 0) is 13.1 Å². The van der Waals surface area contributed by atoms with Gasteiger partial charge in [0.05, 0.1) is 0 Å². The van der Waals surface area contributed by atoms with Gasteiger partial charge in [0.1, 0.15) is 0 Å². The van der Waals surface area contributed by atoms with Crippen molar-refractivity contribution in [3.8, 4) is 0 Å². The molecule has 0 saturated carbocycles. The van der Waals surface area contributed by atoms with Crippen LogP contribution < -0.4 is 11.5 Å². The van der Waals surface area contributed by atoms with Crippen molar-refractivity contribution >= 4 is 21.4 Å². The Labute approximate surface area is 81.2 Å². The number of benzene rings is 1. The topological polar surface area (TPSA) is 52.0 Å². The van der Waals surface area contributed by atoms with Crippen molar-refractivity contribution in [1.29, 1.82) is 0 Å². The van der Waals surface area contributed by atoms with E-state index in [2.05, 4.69) is 24.3 Å². The smallest absolute Gasteiger partial charge is 0.0346 e. The van der Waals surface area contributed by atoms with E-state index in [1.807, 2.05) is 0 Å². The zero-order valence-electron chi connectivity index (χ0n) is 7.29. The van der Waals surface area contributed by atoms with E-state index in [0.717, 1.165) is 0 Å². The highest BCUT2D eigenvalue weighted by Gasteiger charge is 2.00. The number of thiophene rings is 1. The molecule has 1 heterocycles. The molecule has 68 valence electrons. The molecule has 0 bridgehead atoms. The van der Waals surface area contributed by atoms with Crippen LogP contribution in [0.1, 0.15) is 10.4 Å². The second-order valence-electron chi connectivity index (χ2n) is 2.99. The number of hydrogen-bond acceptors (Lipinski definition) is 3. The van der Waals surface area contributed by atoms with Gasteiger partial charge in [-0.05, 0) is 29.1 Å². The molecular formula is C10H12N2S. The summed E-state index contributed by atoms with van der Waals surface area (Å²) in [6.07, 6.45) is 0. The van der Waals surface area contributed by atoms with Gasteiger partial charge >= 0.3 is 0 Å². The summed E-state index contributed by atoms with van der Waals surface area (Å²) < 4.78 is 1.29. The van der Waals surface area contributed by atoms with E-state index in [-0.39, 0.29) is 0 Å². The molecule has 2 rings (SSSR count). The molecule has 2 nitrogen and oxygen atoms in total. The minimum absolute atomic E-state index is 0.601. The van der Waals surface area contributed by atoms with Crippen LogP contribution in [0.4, 0.5) is 0 Å². The van der Waals surface area contributed by atoms with Gasteiger partial charge in [0.25, 0.3) is 0 Å². The van der Waals surface area contributed by atoms with E-state index in [1.54, 1.807) is 11.3 Å². The van der Waals surface area contributed by atoms with E-state index >= 15 is 0 Å². The van der Waals surface area contributed by atoms with E-state index in [4.69, 9.17) is 11.5 Å². The van der Waals surface area contributed by atoms with E-state index in [9.17, 15) is 0 Å². The highest BCUT2D eigenvalue weighted by atomic mass is 32.1. The predicted octanol–water partition coefficient (Wildman–Crippen LogP) is 1.82. The van der Waals surface area contributed by atoms with Crippen LogP contribution in [0.5, 0.6) is 0 Å². The Morgan fingerprint density at radius 1 is 1.08 bits per heavy atom. The maximum atomic E-state index is 5.57. The van der Waals surface area contributed by atoms with Crippen molar-refractivity contribution < 1.29 is 0 Å². The van der Waals surface area contributed by atoms with Crippen molar-refractivity contribution in [3.05, 3.63) is 34.7 Å². The molecule has 0 unspecified atom stereocenters. The van der Waals surface area contributed by atoms with E-state index < -0.39 is 0 Å². The third kappa shape index (κ3) is 1.58. The Bertz CT molecular complexity index is 418. The van der Waals surface area contributed by atoms with Crippen LogP contribution in [0.25, 0.3) is 10.1 Å². The fraction of sp³-hybridized carbons (Fsp3) is 0.200. The van der Waals surface area contributed by atoms with Crippen molar-refractivity contribution in [2.24, 2.45) is 11.5 Å². The molecule has 2 aromatic rings. The monoisotopic (exact) mass is 192 g/mol.